The summed E-state index contributed by atoms with van der Waals surface area (Å²) in [5.74, 6) is 0.271. The molecular formula is C4H3N3S. The van der Waals surface area contributed by atoms with Crippen molar-refractivity contribution in [2.75, 3.05) is 0 Å². The van der Waals surface area contributed by atoms with Crippen LogP contribution in [0.15, 0.2) is 0 Å². The lowest BCUT2D eigenvalue weighted by Crippen LogP contribution is -1.73. The van der Waals surface area contributed by atoms with Gasteiger partial charge in [0.25, 0.3) is 0 Å². The Labute approximate surface area is 50.8 Å². The number of hydrogen-bond acceptors (Lipinski definition) is 4. The van der Waals surface area contributed by atoms with Crippen LogP contribution in [0.25, 0.3) is 0 Å². The maximum absolute atomic E-state index is 8.18. The molecule has 4 heteroatoms. The van der Waals surface area contributed by atoms with Crippen LogP contribution in [-0.2, 0) is 0 Å². The summed E-state index contributed by atoms with van der Waals surface area (Å²) in [6.07, 6.45) is 0. The van der Waals surface area contributed by atoms with Crippen molar-refractivity contribution in [3.63, 3.8) is 0 Å². The van der Waals surface area contributed by atoms with Gasteiger partial charge in [0.1, 0.15) is 11.1 Å². The summed E-state index contributed by atoms with van der Waals surface area (Å²) in [6, 6.07) is 1.84. The molecule has 0 radical (unpaired) electrons. The zero-order chi connectivity index (χ0) is 5.98. The topological polar surface area (TPSA) is 49.6 Å². The Morgan fingerprint density at radius 3 is 2.75 bits per heavy atom. The molecule has 0 amide bonds. The van der Waals surface area contributed by atoms with Crippen LogP contribution < -0.4 is 0 Å². The first kappa shape index (κ1) is 5.19. The number of nitriles is 1. The van der Waals surface area contributed by atoms with Crippen LogP contribution in [0.5, 0.6) is 0 Å². The van der Waals surface area contributed by atoms with Gasteiger partial charge in [-0.2, -0.15) is 9.64 Å². The fraction of sp³-hybridized carbons (Fsp3) is 0.250. The molecule has 1 rings (SSSR count). The third kappa shape index (κ3) is 0.820. The molecule has 8 heavy (non-hydrogen) atoms. The smallest absolute Gasteiger partial charge is 0.211 e. The summed E-state index contributed by atoms with van der Waals surface area (Å²) in [7, 11) is 0. The Morgan fingerprint density at radius 1 is 1.75 bits per heavy atom. The molecule has 3 nitrogen and oxygen atoms in total. The van der Waals surface area contributed by atoms with Crippen molar-refractivity contribution in [1.29, 1.82) is 5.26 Å². The molecule has 0 N–H and O–H groups in total. The number of rotatable bonds is 0. The number of aryl methyl sites for hydroxylation is 1. The highest BCUT2D eigenvalue weighted by Crippen LogP contribution is 1.99. The molecule has 1 aromatic heterocycles. The largest absolute Gasteiger partial charge is 0.244 e. The van der Waals surface area contributed by atoms with Crippen molar-refractivity contribution < 1.29 is 0 Å². The average Bonchev–Trinajstić information content (AvgIpc) is 2.14. The highest BCUT2D eigenvalue weighted by Gasteiger charge is 1.93. The van der Waals surface area contributed by atoms with Gasteiger partial charge in [-0.05, 0) is 18.5 Å². The molecule has 0 unspecified atom stereocenters. The molecule has 1 heterocycles. The van der Waals surface area contributed by atoms with Gasteiger partial charge in [0.2, 0.25) is 5.82 Å². The van der Waals surface area contributed by atoms with E-state index < -0.39 is 0 Å². The lowest BCUT2D eigenvalue weighted by atomic mass is 10.7. The molecule has 0 saturated carbocycles. The predicted molar refractivity (Wildman–Crippen MR) is 29.4 cm³/mol. The maximum Gasteiger partial charge on any atom is 0.244 e. The van der Waals surface area contributed by atoms with Gasteiger partial charge < -0.3 is 0 Å². The van der Waals surface area contributed by atoms with Crippen molar-refractivity contribution >= 4 is 11.5 Å². The normalized spacial score (nSPS) is 8.50. The summed E-state index contributed by atoms with van der Waals surface area (Å²) >= 11 is 1.25. The third-order valence-electron chi connectivity index (χ3n) is 0.628. The molecule has 40 valence electrons. The minimum absolute atomic E-state index is 0.271. The summed E-state index contributed by atoms with van der Waals surface area (Å²) in [5.41, 5.74) is 0. The van der Waals surface area contributed by atoms with E-state index in [4.69, 9.17) is 5.26 Å². The first-order valence-electron chi connectivity index (χ1n) is 2.03. The third-order valence-corrected chi connectivity index (χ3v) is 1.25. The second-order valence-corrected chi connectivity index (χ2v) is 2.20. The summed E-state index contributed by atoms with van der Waals surface area (Å²) in [5, 5.41) is 9.02. The van der Waals surface area contributed by atoms with Gasteiger partial charge in [-0.3, -0.25) is 0 Å². The van der Waals surface area contributed by atoms with E-state index in [-0.39, 0.29) is 5.82 Å². The van der Waals surface area contributed by atoms with E-state index in [1.807, 2.05) is 13.0 Å². The van der Waals surface area contributed by atoms with Crippen molar-refractivity contribution in [2.24, 2.45) is 0 Å². The fourth-order valence-electron chi connectivity index (χ4n) is 0.345. The van der Waals surface area contributed by atoms with Crippen molar-refractivity contribution in [2.45, 2.75) is 6.92 Å². The molecule has 1 aromatic rings. The monoisotopic (exact) mass is 125 g/mol. The lowest BCUT2D eigenvalue weighted by Gasteiger charge is -1.65. The highest BCUT2D eigenvalue weighted by molar-refractivity contribution is 7.05. The fourth-order valence-corrected chi connectivity index (χ4v) is 0.772. The van der Waals surface area contributed by atoms with Gasteiger partial charge in [0.05, 0.1) is 0 Å². The van der Waals surface area contributed by atoms with Crippen LogP contribution in [0.2, 0.25) is 0 Å². The average molecular weight is 125 g/mol. The summed E-state index contributed by atoms with van der Waals surface area (Å²) in [6.45, 7) is 1.82. The van der Waals surface area contributed by atoms with Crippen molar-refractivity contribution in [3.8, 4) is 6.07 Å². The highest BCUT2D eigenvalue weighted by atomic mass is 32.1. The molecule has 0 aliphatic heterocycles. The molecule has 0 fully saturated rings. The van der Waals surface area contributed by atoms with Crippen LogP contribution in [0.3, 0.4) is 0 Å². The summed E-state index contributed by atoms with van der Waals surface area (Å²) in [4.78, 5) is 3.78. The molecular weight excluding hydrogens is 122 g/mol. The van der Waals surface area contributed by atoms with Gasteiger partial charge >= 0.3 is 0 Å². The molecule has 0 aromatic carbocycles. The van der Waals surface area contributed by atoms with E-state index in [2.05, 4.69) is 9.36 Å². The molecule has 0 bridgehead atoms. The number of aromatic nitrogens is 2. The first-order valence-corrected chi connectivity index (χ1v) is 2.80. The second kappa shape index (κ2) is 1.88. The standard InChI is InChI=1S/C4H3N3S/c1-3-6-4(2-5)7-8-3/h1H3. The Bertz CT molecular complexity index is 221. The predicted octanol–water partition coefficient (Wildman–Crippen LogP) is 0.718. The van der Waals surface area contributed by atoms with E-state index in [0.717, 1.165) is 5.01 Å². The van der Waals surface area contributed by atoms with Gasteiger partial charge in [0, 0.05) is 0 Å². The first-order chi connectivity index (χ1) is 3.83. The van der Waals surface area contributed by atoms with Crippen LogP contribution in [0.1, 0.15) is 10.8 Å². The Hall–Kier alpha value is -0.950. The second-order valence-electron chi connectivity index (χ2n) is 1.25. The van der Waals surface area contributed by atoms with Gasteiger partial charge in [-0.25, -0.2) is 4.98 Å². The SMILES string of the molecule is Cc1nc(C#N)ns1. The van der Waals surface area contributed by atoms with E-state index in [0.29, 0.717) is 0 Å². The molecule has 0 spiro atoms. The minimum Gasteiger partial charge on any atom is -0.211 e. The maximum atomic E-state index is 8.18. The van der Waals surface area contributed by atoms with E-state index in [9.17, 15) is 0 Å². The van der Waals surface area contributed by atoms with E-state index >= 15 is 0 Å². The lowest BCUT2D eigenvalue weighted by molar-refractivity contribution is 1.20. The molecule has 0 aliphatic carbocycles. The molecule has 0 aliphatic rings. The number of nitrogens with zero attached hydrogens (tertiary/aromatic N) is 3. The van der Waals surface area contributed by atoms with Crippen molar-refractivity contribution in [1.82, 2.24) is 9.36 Å². The molecule has 0 atom stereocenters. The zero-order valence-electron chi connectivity index (χ0n) is 4.25. The van der Waals surface area contributed by atoms with Crippen molar-refractivity contribution in [3.05, 3.63) is 10.8 Å². The Kier molecular flexibility index (Phi) is 1.22. The molecule has 0 saturated heterocycles. The Morgan fingerprint density at radius 2 is 2.50 bits per heavy atom. The van der Waals surface area contributed by atoms with Gasteiger partial charge in [-0.15, -0.1) is 0 Å². The van der Waals surface area contributed by atoms with Crippen LogP contribution in [-0.4, -0.2) is 9.36 Å². The number of hydrogen-bond donors (Lipinski definition) is 0. The van der Waals surface area contributed by atoms with Crippen LogP contribution in [0, 0.1) is 18.3 Å². The van der Waals surface area contributed by atoms with Gasteiger partial charge in [-0.1, -0.05) is 0 Å². The van der Waals surface area contributed by atoms with E-state index in [1.54, 1.807) is 0 Å². The van der Waals surface area contributed by atoms with E-state index in [1.165, 1.54) is 11.5 Å². The Balaban J connectivity index is 3.05. The van der Waals surface area contributed by atoms with Gasteiger partial charge in [0.15, 0.2) is 0 Å². The minimum atomic E-state index is 0.271. The zero-order valence-corrected chi connectivity index (χ0v) is 5.07. The van der Waals surface area contributed by atoms with Crippen LogP contribution >= 0.6 is 11.5 Å². The quantitative estimate of drug-likeness (QED) is 0.513. The summed E-state index contributed by atoms with van der Waals surface area (Å²) < 4.78 is 3.70. The van der Waals surface area contributed by atoms with Crippen LogP contribution in [0.4, 0.5) is 0 Å².